The molecule has 1 aromatic carbocycles. The molecule has 6 nitrogen and oxygen atoms in total. The molecular formula is C21H18ClF3N4O2S2. The van der Waals surface area contributed by atoms with E-state index in [1.165, 1.54) is 34.4 Å². The van der Waals surface area contributed by atoms with Gasteiger partial charge in [-0.05, 0) is 24.6 Å². The summed E-state index contributed by atoms with van der Waals surface area (Å²) in [6.07, 6.45) is -3.89. The van der Waals surface area contributed by atoms with E-state index in [9.17, 15) is 22.8 Å². The molecule has 4 heterocycles. The zero-order valence-corrected chi connectivity index (χ0v) is 19.5. The van der Waals surface area contributed by atoms with Crippen LogP contribution in [0.5, 0.6) is 0 Å². The Kier molecular flexibility index (Phi) is 5.84. The summed E-state index contributed by atoms with van der Waals surface area (Å²) in [5.74, 6) is -0.722. The van der Waals surface area contributed by atoms with Crippen molar-refractivity contribution in [3.8, 4) is 0 Å². The Morgan fingerprint density at radius 2 is 1.88 bits per heavy atom. The zero-order valence-electron chi connectivity index (χ0n) is 17.1. The quantitative estimate of drug-likeness (QED) is 0.562. The van der Waals surface area contributed by atoms with Crippen LogP contribution in [0, 0.1) is 0 Å². The fourth-order valence-corrected chi connectivity index (χ4v) is 6.16. The van der Waals surface area contributed by atoms with E-state index < -0.39 is 17.6 Å². The molecule has 174 valence electrons. The van der Waals surface area contributed by atoms with Gasteiger partial charge in [0.2, 0.25) is 0 Å². The number of nitrogens with zero attached hydrogens (tertiary/aromatic N) is 3. The maximum atomic E-state index is 13.8. The molecular weight excluding hydrogens is 497 g/mol. The van der Waals surface area contributed by atoms with Crippen LogP contribution in [0.3, 0.4) is 0 Å². The molecule has 2 aliphatic rings. The summed E-state index contributed by atoms with van der Waals surface area (Å²) in [6.45, 7) is 1.79. The largest absolute Gasteiger partial charge is 0.418 e. The van der Waals surface area contributed by atoms with Crippen molar-refractivity contribution < 1.29 is 22.8 Å². The molecule has 5 rings (SSSR count). The van der Waals surface area contributed by atoms with Gasteiger partial charge in [-0.2, -0.15) is 13.2 Å². The van der Waals surface area contributed by atoms with Crippen LogP contribution in [-0.2, 0) is 6.18 Å². The highest BCUT2D eigenvalue weighted by atomic mass is 35.5. The van der Waals surface area contributed by atoms with Crippen molar-refractivity contribution in [3.05, 3.63) is 50.2 Å². The molecule has 3 aromatic rings. The predicted octanol–water partition coefficient (Wildman–Crippen LogP) is 4.36. The zero-order chi connectivity index (χ0) is 23.3. The Hall–Kier alpha value is -2.21. The van der Waals surface area contributed by atoms with E-state index in [0.29, 0.717) is 36.6 Å². The molecule has 2 saturated heterocycles. The number of hydrogen-bond donors (Lipinski definition) is 1. The van der Waals surface area contributed by atoms with Crippen LogP contribution in [0.25, 0.3) is 10.1 Å². The second-order valence-corrected chi connectivity index (χ2v) is 10.3. The molecule has 33 heavy (non-hydrogen) atoms. The van der Waals surface area contributed by atoms with E-state index in [1.54, 1.807) is 15.8 Å². The third-order valence-corrected chi connectivity index (χ3v) is 7.88. The van der Waals surface area contributed by atoms with E-state index >= 15 is 0 Å². The van der Waals surface area contributed by atoms with Gasteiger partial charge >= 0.3 is 6.18 Å². The summed E-state index contributed by atoms with van der Waals surface area (Å²) in [7, 11) is 0. The highest BCUT2D eigenvalue weighted by molar-refractivity contribution is 7.21. The Labute approximate surface area is 200 Å². The number of benzene rings is 1. The Balaban J connectivity index is 1.22. The number of alkyl halides is 3. The minimum absolute atomic E-state index is 0.0218. The second-order valence-electron chi connectivity index (χ2n) is 8.13. The Bertz CT molecular complexity index is 1210. The number of carbonyl (C=O) groups excluding carboxylic acids is 2. The lowest BCUT2D eigenvalue weighted by Crippen LogP contribution is -2.62. The van der Waals surface area contributed by atoms with Crippen molar-refractivity contribution in [1.29, 1.82) is 0 Å². The second kappa shape index (κ2) is 8.53. The van der Waals surface area contributed by atoms with Crippen molar-refractivity contribution >= 4 is 56.2 Å². The van der Waals surface area contributed by atoms with Crippen molar-refractivity contribution in [2.24, 2.45) is 0 Å². The molecule has 1 N–H and O–H groups in total. The highest BCUT2D eigenvalue weighted by Gasteiger charge is 2.42. The third-order valence-electron chi connectivity index (χ3n) is 5.89. The highest BCUT2D eigenvalue weighted by Crippen LogP contribution is 2.43. The van der Waals surface area contributed by atoms with Gasteiger partial charge in [0.05, 0.1) is 11.1 Å². The minimum atomic E-state index is -4.66. The van der Waals surface area contributed by atoms with Gasteiger partial charge < -0.3 is 15.1 Å². The monoisotopic (exact) mass is 514 g/mol. The molecule has 0 saturated carbocycles. The van der Waals surface area contributed by atoms with Gasteiger partial charge in [0.15, 0.2) is 0 Å². The molecule has 0 radical (unpaired) electrons. The van der Waals surface area contributed by atoms with Crippen molar-refractivity contribution in [3.63, 3.8) is 0 Å². The van der Waals surface area contributed by atoms with Gasteiger partial charge in [-0.1, -0.05) is 11.6 Å². The first kappa shape index (κ1) is 22.6. The van der Waals surface area contributed by atoms with Crippen LogP contribution < -0.4 is 5.32 Å². The smallest absolute Gasteiger partial charge is 0.336 e. The summed E-state index contributed by atoms with van der Waals surface area (Å²) in [5, 5.41) is 5.28. The van der Waals surface area contributed by atoms with Crippen molar-refractivity contribution in [1.82, 2.24) is 20.1 Å². The number of hydrogen-bond acceptors (Lipinski definition) is 6. The Morgan fingerprint density at radius 3 is 2.58 bits per heavy atom. The van der Waals surface area contributed by atoms with Gasteiger partial charge in [0.25, 0.3) is 11.8 Å². The fourth-order valence-electron chi connectivity index (χ4n) is 4.29. The van der Waals surface area contributed by atoms with Gasteiger partial charge in [-0.15, -0.1) is 22.7 Å². The standard InChI is InChI=1S/C21H18ClF3N4O2S2/c22-11-1-2-16-14(5-11)17(21(23,24)25)18(33-16)20(31)29-7-13(8-29)27-12-3-4-28(6-12)19(30)15-9-32-10-26-15/h1-2,5,9-10,12-13,27H,3-4,6-8H2. The SMILES string of the molecule is O=C(c1cscn1)N1CCC(NC2CN(C(=O)c3sc4ccc(Cl)cc4c3C(F)(F)F)C2)C1. The average molecular weight is 515 g/mol. The molecule has 0 spiro atoms. The number of nitrogens with one attached hydrogen (secondary N) is 1. The number of rotatable bonds is 4. The minimum Gasteiger partial charge on any atom is -0.336 e. The van der Waals surface area contributed by atoms with Crippen LogP contribution in [0.15, 0.2) is 29.1 Å². The molecule has 2 aliphatic heterocycles. The molecule has 2 amide bonds. The van der Waals surface area contributed by atoms with Gasteiger partial charge in [0.1, 0.15) is 10.6 Å². The molecule has 12 heteroatoms. The fraction of sp³-hybridized carbons (Fsp3) is 0.381. The first-order valence-corrected chi connectivity index (χ1v) is 12.4. The molecule has 1 atom stereocenters. The molecule has 0 aliphatic carbocycles. The van der Waals surface area contributed by atoms with Crippen LogP contribution in [0.2, 0.25) is 5.02 Å². The first-order valence-electron chi connectivity index (χ1n) is 10.2. The summed E-state index contributed by atoms with van der Waals surface area (Å²) >= 11 is 8.11. The van der Waals surface area contributed by atoms with Gasteiger partial charge in [-0.25, -0.2) is 4.98 Å². The maximum absolute atomic E-state index is 13.8. The van der Waals surface area contributed by atoms with E-state index in [0.717, 1.165) is 17.8 Å². The number of thiophene rings is 1. The van der Waals surface area contributed by atoms with Crippen LogP contribution in [-0.4, -0.2) is 64.9 Å². The summed E-state index contributed by atoms with van der Waals surface area (Å²) in [5.41, 5.74) is 1.14. The van der Waals surface area contributed by atoms with Gasteiger partial charge in [0, 0.05) is 58.8 Å². The number of halogens is 4. The number of amides is 2. The number of carbonyl (C=O) groups is 2. The number of likely N-dealkylation sites (tertiary alicyclic amines) is 2. The first-order chi connectivity index (χ1) is 15.7. The van der Waals surface area contributed by atoms with Crippen LogP contribution in [0.4, 0.5) is 13.2 Å². The van der Waals surface area contributed by atoms with E-state index in [-0.39, 0.29) is 33.3 Å². The van der Waals surface area contributed by atoms with Gasteiger partial charge in [-0.3, -0.25) is 9.59 Å². The summed E-state index contributed by atoms with van der Waals surface area (Å²) in [6, 6.07) is 4.33. The lowest BCUT2D eigenvalue weighted by atomic mass is 10.0. The van der Waals surface area contributed by atoms with E-state index in [1.807, 2.05) is 0 Å². The molecule has 0 bridgehead atoms. The number of aromatic nitrogens is 1. The van der Waals surface area contributed by atoms with E-state index in [4.69, 9.17) is 11.6 Å². The number of thiazole rings is 1. The van der Waals surface area contributed by atoms with Crippen molar-refractivity contribution in [2.75, 3.05) is 26.2 Å². The lowest BCUT2D eigenvalue weighted by Gasteiger charge is -2.41. The Morgan fingerprint density at radius 1 is 1.12 bits per heavy atom. The average Bonchev–Trinajstić information content (AvgIpc) is 3.47. The predicted molar refractivity (Wildman–Crippen MR) is 121 cm³/mol. The third kappa shape index (κ3) is 4.34. The summed E-state index contributed by atoms with van der Waals surface area (Å²) in [4.78, 5) is 32.3. The van der Waals surface area contributed by atoms with E-state index in [2.05, 4.69) is 10.3 Å². The number of fused-ring (bicyclic) bond motifs is 1. The topological polar surface area (TPSA) is 65.5 Å². The van der Waals surface area contributed by atoms with Crippen LogP contribution >= 0.6 is 34.3 Å². The molecule has 1 unspecified atom stereocenters. The van der Waals surface area contributed by atoms with Crippen molar-refractivity contribution in [2.45, 2.75) is 24.7 Å². The molecule has 2 fully saturated rings. The molecule has 2 aromatic heterocycles. The summed E-state index contributed by atoms with van der Waals surface area (Å²) < 4.78 is 41.7. The maximum Gasteiger partial charge on any atom is 0.418 e. The van der Waals surface area contributed by atoms with Crippen LogP contribution in [0.1, 0.15) is 32.1 Å². The lowest BCUT2D eigenvalue weighted by molar-refractivity contribution is -0.136. The normalized spacial score (nSPS) is 19.3.